The molecule has 108 valence electrons. The first-order valence-electron chi connectivity index (χ1n) is 6.93. The zero-order valence-electron chi connectivity index (χ0n) is 11.6. The summed E-state index contributed by atoms with van der Waals surface area (Å²) in [6, 6.07) is 7.08. The summed E-state index contributed by atoms with van der Waals surface area (Å²) < 4.78 is 0. The third-order valence-electron chi connectivity index (χ3n) is 3.45. The van der Waals surface area contributed by atoms with Gasteiger partial charge < -0.3 is 10.2 Å². The molecule has 1 fully saturated rings. The summed E-state index contributed by atoms with van der Waals surface area (Å²) in [7, 11) is 0. The molecule has 0 aromatic heterocycles. The summed E-state index contributed by atoms with van der Waals surface area (Å²) in [4.78, 5) is 25.8. The Morgan fingerprint density at radius 2 is 2.10 bits per heavy atom. The van der Waals surface area contributed by atoms with Gasteiger partial charge in [0.05, 0.1) is 0 Å². The maximum atomic E-state index is 12.5. The van der Waals surface area contributed by atoms with Crippen molar-refractivity contribution in [2.24, 2.45) is 0 Å². The van der Waals surface area contributed by atoms with E-state index in [2.05, 4.69) is 5.32 Å². The highest BCUT2D eigenvalue weighted by atomic mass is 35.5. The van der Waals surface area contributed by atoms with Crippen LogP contribution in [0.4, 0.5) is 0 Å². The van der Waals surface area contributed by atoms with Crippen LogP contribution in [-0.2, 0) is 16.1 Å². The number of amides is 2. The molecule has 1 saturated heterocycles. The number of nitrogens with zero attached hydrogens (tertiary/aromatic N) is 1. The fraction of sp³-hybridized carbons (Fsp3) is 0.467. The quantitative estimate of drug-likeness (QED) is 0.927. The average molecular weight is 295 g/mol. The Balaban J connectivity index is 2.15. The molecule has 1 heterocycles. The molecule has 0 spiro atoms. The lowest BCUT2D eigenvalue weighted by Crippen LogP contribution is -2.44. The van der Waals surface area contributed by atoms with Crippen LogP contribution in [0, 0.1) is 0 Å². The highest BCUT2D eigenvalue weighted by molar-refractivity contribution is 6.31. The van der Waals surface area contributed by atoms with E-state index in [4.69, 9.17) is 11.6 Å². The fourth-order valence-corrected chi connectivity index (χ4v) is 2.56. The van der Waals surface area contributed by atoms with Crippen molar-refractivity contribution in [3.63, 3.8) is 0 Å². The second-order valence-electron chi connectivity index (χ2n) is 5.01. The number of hydrogen-bond donors (Lipinski definition) is 1. The van der Waals surface area contributed by atoms with E-state index in [0.29, 0.717) is 31.0 Å². The van der Waals surface area contributed by atoms with Crippen molar-refractivity contribution in [3.8, 4) is 0 Å². The lowest BCUT2D eigenvalue weighted by atomic mass is 10.1. The molecule has 2 rings (SSSR count). The van der Waals surface area contributed by atoms with E-state index in [1.165, 1.54) is 0 Å². The Kier molecular flexibility index (Phi) is 5.01. The molecule has 0 radical (unpaired) electrons. The minimum Gasteiger partial charge on any atom is -0.344 e. The summed E-state index contributed by atoms with van der Waals surface area (Å²) in [6.07, 6.45) is 1.87. The van der Waals surface area contributed by atoms with Crippen molar-refractivity contribution in [2.45, 2.75) is 38.8 Å². The van der Waals surface area contributed by atoms with Gasteiger partial charge in [-0.1, -0.05) is 43.1 Å². The first-order valence-corrected chi connectivity index (χ1v) is 7.31. The van der Waals surface area contributed by atoms with Gasteiger partial charge in [0.25, 0.3) is 0 Å². The molecule has 0 saturated carbocycles. The summed E-state index contributed by atoms with van der Waals surface area (Å²) in [5.74, 6) is -0.0731. The highest BCUT2D eigenvalue weighted by Crippen LogP contribution is 2.19. The molecule has 1 unspecified atom stereocenters. The second-order valence-corrected chi connectivity index (χ2v) is 5.42. The monoisotopic (exact) mass is 294 g/mol. The van der Waals surface area contributed by atoms with E-state index in [1.807, 2.05) is 31.2 Å². The van der Waals surface area contributed by atoms with Crippen LogP contribution >= 0.6 is 11.6 Å². The van der Waals surface area contributed by atoms with Crippen LogP contribution in [0.5, 0.6) is 0 Å². The Hall–Kier alpha value is -1.55. The summed E-state index contributed by atoms with van der Waals surface area (Å²) in [5.41, 5.74) is 0.909. The van der Waals surface area contributed by atoms with Crippen molar-refractivity contribution < 1.29 is 9.59 Å². The number of nitrogens with one attached hydrogen (secondary N) is 1. The molecule has 0 aliphatic carbocycles. The zero-order chi connectivity index (χ0) is 14.5. The van der Waals surface area contributed by atoms with E-state index in [0.717, 1.165) is 12.0 Å². The van der Waals surface area contributed by atoms with Crippen molar-refractivity contribution in [1.82, 2.24) is 10.2 Å². The molecule has 4 nitrogen and oxygen atoms in total. The van der Waals surface area contributed by atoms with Crippen LogP contribution in [0.25, 0.3) is 0 Å². The van der Waals surface area contributed by atoms with Gasteiger partial charge in [-0.2, -0.15) is 0 Å². The predicted molar refractivity (Wildman–Crippen MR) is 78.3 cm³/mol. The van der Waals surface area contributed by atoms with E-state index >= 15 is 0 Å². The van der Waals surface area contributed by atoms with Gasteiger partial charge in [0.2, 0.25) is 11.8 Å². The van der Waals surface area contributed by atoms with Gasteiger partial charge in [-0.25, -0.2) is 0 Å². The Morgan fingerprint density at radius 3 is 2.80 bits per heavy atom. The van der Waals surface area contributed by atoms with Crippen molar-refractivity contribution in [2.75, 3.05) is 6.54 Å². The number of carbonyl (C=O) groups is 2. The fourth-order valence-electron chi connectivity index (χ4n) is 2.37. The van der Waals surface area contributed by atoms with Gasteiger partial charge in [0.1, 0.15) is 6.04 Å². The van der Waals surface area contributed by atoms with Crippen molar-refractivity contribution in [1.29, 1.82) is 0 Å². The van der Waals surface area contributed by atoms with Gasteiger partial charge in [-0.15, -0.1) is 0 Å². The zero-order valence-corrected chi connectivity index (χ0v) is 12.3. The topological polar surface area (TPSA) is 49.4 Å². The standard InChI is InChI=1S/C15H19ClN2O2/c1-2-5-13-15(20)18(9-8-14(19)17-13)10-11-6-3-4-7-12(11)16/h3-4,6-7,13H,2,5,8-10H2,1H3,(H,17,19). The van der Waals surface area contributed by atoms with Gasteiger partial charge >= 0.3 is 0 Å². The van der Waals surface area contributed by atoms with Crippen molar-refractivity contribution in [3.05, 3.63) is 34.9 Å². The van der Waals surface area contributed by atoms with Crippen LogP contribution < -0.4 is 5.32 Å². The predicted octanol–water partition coefficient (Wildman–Crippen LogP) is 2.36. The van der Waals surface area contributed by atoms with E-state index < -0.39 is 6.04 Å². The molecule has 0 bridgehead atoms. The van der Waals surface area contributed by atoms with Crippen molar-refractivity contribution >= 4 is 23.4 Å². The number of hydrogen-bond acceptors (Lipinski definition) is 2. The Bertz CT molecular complexity index is 504. The summed E-state index contributed by atoms with van der Waals surface area (Å²) in [6.45, 7) is 2.90. The molecule has 1 aliphatic heterocycles. The highest BCUT2D eigenvalue weighted by Gasteiger charge is 2.29. The Morgan fingerprint density at radius 1 is 1.35 bits per heavy atom. The van der Waals surface area contributed by atoms with Gasteiger partial charge in [-0.05, 0) is 18.1 Å². The number of benzene rings is 1. The van der Waals surface area contributed by atoms with E-state index in [9.17, 15) is 9.59 Å². The molecule has 5 heteroatoms. The second kappa shape index (κ2) is 6.75. The van der Waals surface area contributed by atoms with Crippen LogP contribution in [0.2, 0.25) is 5.02 Å². The lowest BCUT2D eigenvalue weighted by molar-refractivity contribution is -0.134. The normalized spacial score (nSPS) is 19.7. The molecule has 1 aliphatic rings. The minimum absolute atomic E-state index is 0.0161. The Labute approximate surface area is 124 Å². The summed E-state index contributed by atoms with van der Waals surface area (Å²) >= 11 is 6.14. The molecular weight excluding hydrogens is 276 g/mol. The average Bonchev–Trinajstić information content (AvgIpc) is 2.55. The van der Waals surface area contributed by atoms with Crippen LogP contribution in [-0.4, -0.2) is 29.3 Å². The third kappa shape index (κ3) is 3.51. The SMILES string of the molecule is CCCC1NC(=O)CCN(Cc2ccccc2Cl)C1=O. The smallest absolute Gasteiger partial charge is 0.245 e. The molecule has 2 amide bonds. The summed E-state index contributed by atoms with van der Waals surface area (Å²) in [5, 5.41) is 3.45. The van der Waals surface area contributed by atoms with E-state index in [-0.39, 0.29) is 11.8 Å². The molecule has 1 N–H and O–H groups in total. The van der Waals surface area contributed by atoms with Crippen LogP contribution in [0.1, 0.15) is 31.7 Å². The number of rotatable bonds is 4. The van der Waals surface area contributed by atoms with E-state index in [1.54, 1.807) is 4.90 Å². The van der Waals surface area contributed by atoms with Crippen LogP contribution in [0.3, 0.4) is 0 Å². The van der Waals surface area contributed by atoms with Gasteiger partial charge in [0, 0.05) is 24.5 Å². The first-order chi connectivity index (χ1) is 9.61. The third-order valence-corrected chi connectivity index (χ3v) is 3.82. The van der Waals surface area contributed by atoms with Gasteiger partial charge in [-0.3, -0.25) is 9.59 Å². The molecule has 20 heavy (non-hydrogen) atoms. The lowest BCUT2D eigenvalue weighted by Gasteiger charge is -2.24. The maximum Gasteiger partial charge on any atom is 0.245 e. The maximum absolute atomic E-state index is 12.5. The molecule has 1 atom stereocenters. The first kappa shape index (κ1) is 14.9. The largest absolute Gasteiger partial charge is 0.344 e. The molecule has 1 aromatic carbocycles. The van der Waals surface area contributed by atoms with Gasteiger partial charge in [0.15, 0.2) is 0 Å². The minimum atomic E-state index is -0.405. The number of carbonyl (C=O) groups excluding carboxylic acids is 2. The number of halogens is 1. The molecule has 1 aromatic rings. The van der Waals surface area contributed by atoms with Crippen LogP contribution in [0.15, 0.2) is 24.3 Å². The molecular formula is C15H19ClN2O2.